The van der Waals surface area contributed by atoms with Gasteiger partial charge in [0.1, 0.15) is 0 Å². The minimum absolute atomic E-state index is 0.112. The van der Waals surface area contributed by atoms with Gasteiger partial charge < -0.3 is 9.79 Å². The zero-order valence-electron chi connectivity index (χ0n) is 14.9. The average molecular weight is 336 g/mol. The van der Waals surface area contributed by atoms with Crippen molar-refractivity contribution in [3.63, 3.8) is 0 Å². The fourth-order valence-electron chi connectivity index (χ4n) is 2.82. The van der Waals surface area contributed by atoms with Crippen LogP contribution in [0.25, 0.3) is 0 Å². The van der Waals surface area contributed by atoms with Crippen LogP contribution in [0.2, 0.25) is 0 Å². The molecule has 134 valence electrons. The fraction of sp³-hybridized carbons (Fsp3) is 1.00. The normalized spacial score (nSPS) is 12.8. The average Bonchev–Trinajstić information content (AvgIpc) is 2.44. The first-order chi connectivity index (χ1) is 10.3. The SMILES string of the molecule is CCCCCCCC(C)(CCCCCCC)COP(=O)(O)O. The van der Waals surface area contributed by atoms with Crippen LogP contribution in [-0.4, -0.2) is 16.4 Å². The van der Waals surface area contributed by atoms with Gasteiger partial charge in [0.15, 0.2) is 0 Å². The van der Waals surface area contributed by atoms with E-state index in [9.17, 15) is 4.57 Å². The van der Waals surface area contributed by atoms with Gasteiger partial charge in [0.25, 0.3) is 0 Å². The van der Waals surface area contributed by atoms with Crippen molar-refractivity contribution in [3.05, 3.63) is 0 Å². The van der Waals surface area contributed by atoms with Crippen molar-refractivity contribution in [1.29, 1.82) is 0 Å². The lowest BCUT2D eigenvalue weighted by Crippen LogP contribution is -2.23. The highest BCUT2D eigenvalue weighted by Crippen LogP contribution is 2.41. The highest BCUT2D eigenvalue weighted by molar-refractivity contribution is 7.46. The van der Waals surface area contributed by atoms with Crippen molar-refractivity contribution < 1.29 is 18.9 Å². The molecule has 0 saturated heterocycles. The number of hydrogen-bond acceptors (Lipinski definition) is 2. The zero-order valence-corrected chi connectivity index (χ0v) is 15.7. The molecule has 0 bridgehead atoms. The summed E-state index contributed by atoms with van der Waals surface area (Å²) in [5, 5.41) is 0. The first-order valence-electron chi connectivity index (χ1n) is 9.03. The minimum Gasteiger partial charge on any atom is -0.303 e. The molecule has 0 aliphatic rings. The number of unbranched alkanes of at least 4 members (excludes halogenated alkanes) is 8. The molecular formula is C17H37O4P. The van der Waals surface area contributed by atoms with Crippen molar-refractivity contribution >= 4 is 7.82 Å². The van der Waals surface area contributed by atoms with Crippen molar-refractivity contribution in [1.82, 2.24) is 0 Å². The lowest BCUT2D eigenvalue weighted by atomic mass is 9.80. The molecule has 0 rings (SSSR count). The second kappa shape index (κ2) is 12.5. The summed E-state index contributed by atoms with van der Waals surface area (Å²) in [6.07, 6.45) is 14.1. The molecule has 0 unspecified atom stereocenters. The lowest BCUT2D eigenvalue weighted by molar-refractivity contribution is 0.0992. The number of rotatable bonds is 15. The van der Waals surface area contributed by atoms with Crippen LogP contribution in [0.5, 0.6) is 0 Å². The van der Waals surface area contributed by atoms with Gasteiger partial charge >= 0.3 is 7.82 Å². The molecule has 0 aliphatic heterocycles. The number of hydrogen-bond donors (Lipinski definition) is 2. The maximum atomic E-state index is 11.0. The second-order valence-electron chi connectivity index (χ2n) is 6.90. The van der Waals surface area contributed by atoms with Crippen LogP contribution < -0.4 is 0 Å². The topological polar surface area (TPSA) is 66.8 Å². The Kier molecular flexibility index (Phi) is 12.6. The maximum Gasteiger partial charge on any atom is 0.469 e. The third-order valence-electron chi connectivity index (χ3n) is 4.35. The Balaban J connectivity index is 4.19. The summed E-state index contributed by atoms with van der Waals surface area (Å²) in [5.74, 6) is 0. The molecule has 0 aromatic heterocycles. The predicted molar refractivity (Wildman–Crippen MR) is 92.9 cm³/mol. The van der Waals surface area contributed by atoms with E-state index in [1.54, 1.807) is 0 Å². The first-order valence-corrected chi connectivity index (χ1v) is 10.6. The highest BCUT2D eigenvalue weighted by atomic mass is 31.2. The number of phosphoric ester groups is 1. The van der Waals surface area contributed by atoms with Gasteiger partial charge in [0.05, 0.1) is 6.61 Å². The zero-order chi connectivity index (χ0) is 16.9. The van der Waals surface area contributed by atoms with E-state index in [-0.39, 0.29) is 12.0 Å². The van der Waals surface area contributed by atoms with E-state index in [0.29, 0.717) is 0 Å². The van der Waals surface area contributed by atoms with E-state index < -0.39 is 7.82 Å². The van der Waals surface area contributed by atoms with Gasteiger partial charge in [0.2, 0.25) is 0 Å². The number of phosphoric acid groups is 1. The molecule has 0 atom stereocenters. The smallest absolute Gasteiger partial charge is 0.303 e. The summed E-state index contributed by atoms with van der Waals surface area (Å²) >= 11 is 0. The van der Waals surface area contributed by atoms with Gasteiger partial charge in [-0.3, -0.25) is 4.52 Å². The van der Waals surface area contributed by atoms with Crippen LogP contribution in [-0.2, 0) is 9.09 Å². The highest BCUT2D eigenvalue weighted by Gasteiger charge is 2.27. The molecule has 0 aromatic carbocycles. The van der Waals surface area contributed by atoms with E-state index in [1.165, 1.54) is 51.4 Å². The van der Waals surface area contributed by atoms with E-state index in [1.807, 2.05) is 0 Å². The standard InChI is InChI=1S/C17H37O4P/c1-4-6-8-10-12-14-17(3,16-21-22(18,19)20)15-13-11-9-7-5-2/h4-16H2,1-3H3,(H2,18,19,20). The van der Waals surface area contributed by atoms with Crippen LogP contribution in [0.15, 0.2) is 0 Å². The monoisotopic (exact) mass is 336 g/mol. The van der Waals surface area contributed by atoms with Crippen molar-refractivity contribution in [2.45, 2.75) is 97.8 Å². The molecule has 4 nitrogen and oxygen atoms in total. The van der Waals surface area contributed by atoms with Gasteiger partial charge in [-0.15, -0.1) is 0 Å². The summed E-state index contributed by atoms with van der Waals surface area (Å²) in [6.45, 7) is 6.68. The Morgan fingerprint density at radius 2 is 1.23 bits per heavy atom. The molecule has 5 heteroatoms. The first kappa shape index (κ1) is 22.1. The molecule has 0 fully saturated rings. The Hall–Kier alpha value is 0.110. The van der Waals surface area contributed by atoms with Gasteiger partial charge in [-0.2, -0.15) is 0 Å². The molecule has 0 radical (unpaired) electrons. The molecule has 0 aliphatic carbocycles. The van der Waals surface area contributed by atoms with Crippen LogP contribution in [0.1, 0.15) is 97.8 Å². The quantitative estimate of drug-likeness (QED) is 0.292. The van der Waals surface area contributed by atoms with E-state index >= 15 is 0 Å². The molecule has 0 spiro atoms. The Bertz CT molecular complexity index is 287. The van der Waals surface area contributed by atoms with Gasteiger partial charge in [-0.05, 0) is 18.3 Å². The van der Waals surface area contributed by atoms with Crippen molar-refractivity contribution in [2.24, 2.45) is 5.41 Å². The minimum atomic E-state index is -4.36. The van der Waals surface area contributed by atoms with Crippen molar-refractivity contribution in [3.8, 4) is 0 Å². The largest absolute Gasteiger partial charge is 0.469 e. The maximum absolute atomic E-state index is 11.0. The second-order valence-corrected chi connectivity index (χ2v) is 8.14. The Labute approximate surface area is 137 Å². The molecule has 2 N–H and O–H groups in total. The predicted octanol–water partition coefficient (Wildman–Crippen LogP) is 5.82. The summed E-state index contributed by atoms with van der Waals surface area (Å²) in [4.78, 5) is 17.9. The Morgan fingerprint density at radius 3 is 1.59 bits per heavy atom. The van der Waals surface area contributed by atoms with Crippen LogP contribution >= 0.6 is 7.82 Å². The third kappa shape index (κ3) is 13.8. The molecule has 0 amide bonds. The fourth-order valence-corrected chi connectivity index (χ4v) is 3.30. The van der Waals surface area contributed by atoms with E-state index in [4.69, 9.17) is 14.3 Å². The molecular weight excluding hydrogens is 299 g/mol. The third-order valence-corrected chi connectivity index (χ3v) is 4.81. The van der Waals surface area contributed by atoms with Gasteiger partial charge in [0, 0.05) is 0 Å². The summed E-state index contributed by atoms with van der Waals surface area (Å²) < 4.78 is 15.8. The summed E-state index contributed by atoms with van der Waals surface area (Å²) in [7, 11) is -4.36. The summed E-state index contributed by atoms with van der Waals surface area (Å²) in [5.41, 5.74) is -0.112. The molecule has 0 heterocycles. The summed E-state index contributed by atoms with van der Waals surface area (Å²) in [6, 6.07) is 0. The molecule has 0 saturated carbocycles. The molecule has 22 heavy (non-hydrogen) atoms. The van der Waals surface area contributed by atoms with Gasteiger partial charge in [-0.1, -0.05) is 85.0 Å². The van der Waals surface area contributed by atoms with E-state index in [2.05, 4.69) is 20.8 Å². The Morgan fingerprint density at radius 1 is 0.818 bits per heavy atom. The van der Waals surface area contributed by atoms with Crippen LogP contribution in [0.3, 0.4) is 0 Å². The lowest BCUT2D eigenvalue weighted by Gasteiger charge is -2.29. The van der Waals surface area contributed by atoms with Gasteiger partial charge in [-0.25, -0.2) is 4.57 Å². The van der Waals surface area contributed by atoms with Crippen LogP contribution in [0.4, 0.5) is 0 Å². The van der Waals surface area contributed by atoms with E-state index in [0.717, 1.165) is 25.7 Å². The van der Waals surface area contributed by atoms with Crippen molar-refractivity contribution in [2.75, 3.05) is 6.61 Å². The molecule has 0 aromatic rings. The van der Waals surface area contributed by atoms with Crippen LogP contribution in [0, 0.1) is 5.41 Å².